The highest BCUT2D eigenvalue weighted by atomic mass is 35.5. The largest absolute Gasteiger partial charge is 0.337 e. The van der Waals surface area contributed by atoms with Gasteiger partial charge in [0.15, 0.2) is 0 Å². The number of hydrazine groups is 1. The molecule has 0 aromatic heterocycles. The summed E-state index contributed by atoms with van der Waals surface area (Å²) in [7, 11) is 0. The molecule has 0 saturated heterocycles. The minimum atomic E-state index is -0.908. The quantitative estimate of drug-likeness (QED) is 0.427. The lowest BCUT2D eigenvalue weighted by molar-refractivity contribution is -0.384. The smallest absolute Gasteiger partial charge is 0.306 e. The zero-order valence-corrected chi connectivity index (χ0v) is 15.1. The number of nitrogens with zero attached hydrogens (tertiary/aromatic N) is 2. The molecule has 2 aromatic carbocycles. The number of carbonyl (C=O) groups excluding carboxylic acids is 2. The van der Waals surface area contributed by atoms with Gasteiger partial charge in [-0.25, -0.2) is 20.4 Å². The van der Waals surface area contributed by atoms with E-state index in [1.165, 1.54) is 24.3 Å². The maximum Gasteiger partial charge on any atom is 0.337 e. The second-order valence-electron chi connectivity index (χ2n) is 5.00. The monoisotopic (exact) mass is 428 g/mol. The summed E-state index contributed by atoms with van der Waals surface area (Å²) in [5.74, 6) is 0. The van der Waals surface area contributed by atoms with Gasteiger partial charge in [0, 0.05) is 23.5 Å². The molecule has 0 fully saturated rings. The van der Waals surface area contributed by atoms with E-state index in [0.29, 0.717) is 0 Å². The molecular formula is C14H10Cl2N6O6. The Morgan fingerprint density at radius 3 is 1.43 bits per heavy atom. The summed E-state index contributed by atoms with van der Waals surface area (Å²) in [6, 6.07) is 5.35. The Hall–Kier alpha value is -3.64. The average molecular weight is 429 g/mol. The normalized spacial score (nSPS) is 9.93. The lowest BCUT2D eigenvalue weighted by Gasteiger charge is -2.10. The van der Waals surface area contributed by atoms with Crippen molar-refractivity contribution in [1.82, 2.24) is 10.9 Å². The van der Waals surface area contributed by atoms with Crippen LogP contribution in [0.5, 0.6) is 0 Å². The zero-order chi connectivity index (χ0) is 20.8. The number of hydrogen-bond acceptors (Lipinski definition) is 6. The Morgan fingerprint density at radius 1 is 0.750 bits per heavy atom. The van der Waals surface area contributed by atoms with Crippen LogP contribution in [0, 0.1) is 20.2 Å². The van der Waals surface area contributed by atoms with E-state index in [1.54, 1.807) is 0 Å². The van der Waals surface area contributed by atoms with Gasteiger partial charge in [-0.05, 0) is 24.3 Å². The fraction of sp³-hybridized carbons (Fsp3) is 0. The van der Waals surface area contributed by atoms with Gasteiger partial charge >= 0.3 is 12.1 Å². The molecule has 4 amide bonds. The number of anilines is 2. The Balaban J connectivity index is 1.92. The van der Waals surface area contributed by atoms with E-state index in [2.05, 4.69) is 10.6 Å². The van der Waals surface area contributed by atoms with Crippen molar-refractivity contribution >= 4 is 58.0 Å². The maximum absolute atomic E-state index is 11.7. The maximum atomic E-state index is 11.7. The van der Waals surface area contributed by atoms with Crippen LogP contribution >= 0.6 is 23.2 Å². The molecule has 0 atom stereocenters. The molecule has 14 heteroatoms. The van der Waals surface area contributed by atoms with Gasteiger partial charge in [-0.2, -0.15) is 0 Å². The summed E-state index contributed by atoms with van der Waals surface area (Å²) in [5, 5.41) is 25.9. The average Bonchev–Trinajstić information content (AvgIpc) is 2.62. The summed E-state index contributed by atoms with van der Waals surface area (Å²) in [5.41, 5.74) is 3.28. The third-order valence-electron chi connectivity index (χ3n) is 3.09. The Morgan fingerprint density at radius 2 is 1.11 bits per heavy atom. The number of halogens is 2. The highest BCUT2D eigenvalue weighted by Crippen LogP contribution is 2.28. The van der Waals surface area contributed by atoms with Crippen LogP contribution in [0.4, 0.5) is 32.3 Å². The molecule has 0 aliphatic carbocycles. The van der Waals surface area contributed by atoms with Crippen LogP contribution in [0.3, 0.4) is 0 Å². The lowest BCUT2D eigenvalue weighted by atomic mass is 10.3. The molecule has 0 bridgehead atoms. The number of hydrogen-bond donors (Lipinski definition) is 4. The van der Waals surface area contributed by atoms with Crippen LogP contribution in [-0.2, 0) is 0 Å². The lowest BCUT2D eigenvalue weighted by Crippen LogP contribution is -2.45. The molecule has 4 N–H and O–H groups in total. The van der Waals surface area contributed by atoms with Crippen molar-refractivity contribution in [2.24, 2.45) is 0 Å². The summed E-state index contributed by atoms with van der Waals surface area (Å²) < 4.78 is 0. The van der Waals surface area contributed by atoms with Crippen LogP contribution in [-0.4, -0.2) is 21.9 Å². The van der Waals surface area contributed by atoms with E-state index in [-0.39, 0.29) is 21.4 Å². The van der Waals surface area contributed by atoms with Gasteiger partial charge < -0.3 is 10.6 Å². The Labute approximate surface area is 166 Å². The molecule has 146 valence electrons. The molecule has 2 rings (SSSR count). The van der Waals surface area contributed by atoms with Crippen LogP contribution in [0.25, 0.3) is 0 Å². The van der Waals surface area contributed by atoms with Gasteiger partial charge in [-0.3, -0.25) is 20.2 Å². The van der Waals surface area contributed by atoms with Gasteiger partial charge in [0.25, 0.3) is 11.4 Å². The topological polar surface area (TPSA) is 169 Å². The second-order valence-corrected chi connectivity index (χ2v) is 5.82. The molecule has 0 spiro atoms. The third kappa shape index (κ3) is 5.43. The number of urea groups is 2. The van der Waals surface area contributed by atoms with Crippen molar-refractivity contribution in [3.05, 3.63) is 66.7 Å². The molecule has 0 aliphatic rings. The summed E-state index contributed by atoms with van der Waals surface area (Å²) in [6.07, 6.45) is 0. The van der Waals surface area contributed by atoms with Crippen molar-refractivity contribution in [2.75, 3.05) is 10.6 Å². The van der Waals surface area contributed by atoms with Gasteiger partial charge in [-0.1, -0.05) is 23.2 Å². The molecule has 0 aliphatic heterocycles. The molecule has 28 heavy (non-hydrogen) atoms. The zero-order valence-electron chi connectivity index (χ0n) is 13.6. The van der Waals surface area contributed by atoms with Crippen LogP contribution in [0.2, 0.25) is 10.0 Å². The molecule has 0 saturated carbocycles. The second kappa shape index (κ2) is 8.83. The van der Waals surface area contributed by atoms with Gasteiger partial charge in [0.2, 0.25) is 0 Å². The number of amides is 4. The predicted molar refractivity (Wildman–Crippen MR) is 101 cm³/mol. The van der Waals surface area contributed by atoms with Crippen molar-refractivity contribution in [3.63, 3.8) is 0 Å². The number of rotatable bonds is 4. The molecule has 2 aromatic rings. The van der Waals surface area contributed by atoms with E-state index in [9.17, 15) is 29.8 Å². The first-order valence-electron chi connectivity index (χ1n) is 7.19. The van der Waals surface area contributed by atoms with Crippen LogP contribution < -0.4 is 21.5 Å². The van der Waals surface area contributed by atoms with Gasteiger partial charge in [0.05, 0.1) is 9.85 Å². The fourth-order valence-electron chi connectivity index (χ4n) is 1.90. The van der Waals surface area contributed by atoms with E-state index in [4.69, 9.17) is 23.2 Å². The van der Waals surface area contributed by atoms with E-state index in [1.807, 2.05) is 10.9 Å². The highest BCUT2D eigenvalue weighted by molar-refractivity contribution is 6.33. The van der Waals surface area contributed by atoms with Crippen molar-refractivity contribution in [1.29, 1.82) is 0 Å². The van der Waals surface area contributed by atoms with Gasteiger partial charge in [0.1, 0.15) is 10.0 Å². The molecule has 0 unspecified atom stereocenters. The number of carbonyl (C=O) groups is 2. The first-order valence-corrected chi connectivity index (χ1v) is 7.95. The van der Waals surface area contributed by atoms with E-state index >= 15 is 0 Å². The number of nitro benzene ring substituents is 2. The number of nitro groups is 2. The van der Waals surface area contributed by atoms with Gasteiger partial charge in [-0.15, -0.1) is 0 Å². The van der Waals surface area contributed by atoms with Crippen molar-refractivity contribution < 1.29 is 19.4 Å². The minimum absolute atomic E-state index is 0.0594. The third-order valence-corrected chi connectivity index (χ3v) is 3.73. The summed E-state index contributed by atoms with van der Waals surface area (Å²) >= 11 is 11.3. The van der Waals surface area contributed by atoms with Crippen molar-refractivity contribution in [3.8, 4) is 0 Å². The summed E-state index contributed by atoms with van der Waals surface area (Å²) in [6.45, 7) is 0. The summed E-state index contributed by atoms with van der Waals surface area (Å²) in [4.78, 5) is 43.7. The molecule has 12 nitrogen and oxygen atoms in total. The first-order chi connectivity index (χ1) is 13.2. The first kappa shape index (κ1) is 20.7. The van der Waals surface area contributed by atoms with Crippen LogP contribution in [0.15, 0.2) is 36.4 Å². The SMILES string of the molecule is O=C(NNC(=O)Nc1ccc(Cl)c([N+](=O)[O-])c1)Nc1ccc(Cl)c([N+](=O)[O-])c1. The highest BCUT2D eigenvalue weighted by Gasteiger charge is 2.15. The molecular weight excluding hydrogens is 419 g/mol. The van der Waals surface area contributed by atoms with E-state index < -0.39 is 33.3 Å². The van der Waals surface area contributed by atoms with Crippen LogP contribution in [0.1, 0.15) is 0 Å². The molecule has 0 radical (unpaired) electrons. The fourth-order valence-corrected chi connectivity index (χ4v) is 2.27. The standard InChI is InChI=1S/C14H10Cl2N6O6/c15-9-3-1-7(5-11(9)21(25)26)17-13(23)19-20-14(24)18-8-2-4-10(16)12(6-8)22(27)28/h1-6H,(H2,17,19,23)(H2,18,20,24). The molecule has 0 heterocycles. The predicted octanol–water partition coefficient (Wildman–Crippen LogP) is 3.67. The van der Waals surface area contributed by atoms with E-state index in [0.717, 1.165) is 12.1 Å². The minimum Gasteiger partial charge on any atom is -0.306 e. The van der Waals surface area contributed by atoms with Crippen molar-refractivity contribution in [2.45, 2.75) is 0 Å². The number of nitrogens with one attached hydrogen (secondary N) is 4. The Bertz CT molecular complexity index is 892. The Kier molecular flexibility index (Phi) is 6.52. The number of benzene rings is 2.